The molecule has 2 aromatic carbocycles. The number of hydrogen-bond donors (Lipinski definition) is 0. The predicted octanol–water partition coefficient (Wildman–Crippen LogP) is 4.38. The van der Waals surface area contributed by atoms with Gasteiger partial charge in [0.1, 0.15) is 22.3 Å². The fraction of sp³-hybridized carbons (Fsp3) is 0.118. The van der Waals surface area contributed by atoms with Crippen LogP contribution in [0.3, 0.4) is 0 Å². The lowest BCUT2D eigenvalue weighted by atomic mass is 10.1. The normalized spacial score (nSPS) is 12.4. The summed E-state index contributed by atoms with van der Waals surface area (Å²) in [6.07, 6.45) is -4.11. The lowest BCUT2D eigenvalue weighted by molar-refractivity contribution is -0.141. The van der Waals surface area contributed by atoms with Gasteiger partial charge in [-0.1, -0.05) is 0 Å². The predicted molar refractivity (Wildman–Crippen MR) is 87.0 cm³/mol. The van der Waals surface area contributed by atoms with Crippen molar-refractivity contribution in [3.05, 3.63) is 65.6 Å². The van der Waals surface area contributed by atoms with Crippen molar-refractivity contribution in [2.24, 2.45) is 0 Å². The summed E-state index contributed by atoms with van der Waals surface area (Å²) in [7, 11) is -3.91. The molecule has 0 atom stereocenters. The van der Waals surface area contributed by atoms with E-state index in [1.807, 2.05) is 0 Å². The van der Waals surface area contributed by atoms with Gasteiger partial charge in [0.25, 0.3) is 0 Å². The van der Waals surface area contributed by atoms with Gasteiger partial charge in [-0.15, -0.1) is 0 Å². The average molecular weight is 420 g/mol. The lowest BCUT2D eigenvalue weighted by Crippen LogP contribution is -2.08. The smallest absolute Gasteiger partial charge is 0.232 e. The second-order valence-electron chi connectivity index (χ2n) is 5.87. The highest BCUT2D eigenvalue weighted by Gasteiger charge is 2.35. The fourth-order valence-corrected chi connectivity index (χ4v) is 3.27. The maximum atomic E-state index is 14.2. The molecule has 0 saturated carbocycles. The van der Waals surface area contributed by atoms with Crippen molar-refractivity contribution in [2.75, 3.05) is 6.26 Å². The van der Waals surface area contributed by atoms with Crippen LogP contribution in [0.5, 0.6) is 0 Å². The molecular weight excluding hydrogens is 410 g/mol. The standard InChI is InChI=1S/C17H10F6N2O2S/c1-28(26,27)15-3-2-12(7-13(15)20)25-14(8-16(24-25)17(21,22)23)9-4-10(18)6-11(19)5-9/h2-8H,1H3. The Morgan fingerprint density at radius 2 is 1.54 bits per heavy atom. The summed E-state index contributed by atoms with van der Waals surface area (Å²) in [5.74, 6) is -3.27. The number of alkyl halides is 3. The van der Waals surface area contributed by atoms with Crippen molar-refractivity contribution in [1.82, 2.24) is 9.78 Å². The molecular formula is C17H10F6N2O2S. The SMILES string of the molecule is CS(=O)(=O)c1ccc(-n2nc(C(F)(F)F)cc2-c2cc(F)cc(F)c2)cc1F. The number of benzene rings is 2. The largest absolute Gasteiger partial charge is 0.435 e. The molecule has 0 radical (unpaired) electrons. The third-order valence-electron chi connectivity index (χ3n) is 3.72. The van der Waals surface area contributed by atoms with E-state index in [1.54, 1.807) is 0 Å². The van der Waals surface area contributed by atoms with Gasteiger partial charge in [0.2, 0.25) is 0 Å². The van der Waals surface area contributed by atoms with E-state index in [1.165, 1.54) is 0 Å². The monoisotopic (exact) mass is 420 g/mol. The molecule has 0 aliphatic heterocycles. The van der Waals surface area contributed by atoms with Crippen molar-refractivity contribution < 1.29 is 34.8 Å². The van der Waals surface area contributed by atoms with Crippen molar-refractivity contribution in [3.8, 4) is 16.9 Å². The molecule has 0 aliphatic carbocycles. The third-order valence-corrected chi connectivity index (χ3v) is 4.85. The van der Waals surface area contributed by atoms with Gasteiger partial charge in [-0.2, -0.15) is 18.3 Å². The van der Waals surface area contributed by atoms with E-state index in [2.05, 4.69) is 5.10 Å². The van der Waals surface area contributed by atoms with Gasteiger partial charge in [-0.05, 0) is 30.3 Å². The molecule has 0 amide bonds. The van der Waals surface area contributed by atoms with Gasteiger partial charge < -0.3 is 0 Å². The third kappa shape index (κ3) is 3.88. The summed E-state index contributed by atoms with van der Waals surface area (Å²) < 4.78 is 104. The van der Waals surface area contributed by atoms with Crippen LogP contribution in [0.2, 0.25) is 0 Å². The first-order chi connectivity index (χ1) is 12.9. The zero-order chi connectivity index (χ0) is 20.9. The summed E-state index contributed by atoms with van der Waals surface area (Å²) in [4.78, 5) is -0.655. The van der Waals surface area contributed by atoms with Crippen LogP contribution in [0.15, 0.2) is 47.4 Å². The Kier molecular flexibility index (Phi) is 4.74. The highest BCUT2D eigenvalue weighted by atomic mass is 32.2. The molecule has 0 N–H and O–H groups in total. The molecule has 0 fully saturated rings. The van der Waals surface area contributed by atoms with Crippen molar-refractivity contribution in [3.63, 3.8) is 0 Å². The molecule has 3 rings (SSSR count). The maximum Gasteiger partial charge on any atom is 0.435 e. The van der Waals surface area contributed by atoms with E-state index in [-0.39, 0.29) is 16.9 Å². The number of hydrogen-bond acceptors (Lipinski definition) is 3. The number of sulfone groups is 1. The van der Waals surface area contributed by atoms with Crippen LogP contribution in [0.4, 0.5) is 26.3 Å². The minimum atomic E-state index is -4.88. The fourth-order valence-electron chi connectivity index (χ4n) is 2.55. The van der Waals surface area contributed by atoms with Gasteiger partial charge in [-0.3, -0.25) is 0 Å². The van der Waals surface area contributed by atoms with E-state index >= 15 is 0 Å². The van der Waals surface area contributed by atoms with E-state index in [0.29, 0.717) is 22.9 Å². The number of rotatable bonds is 3. The topological polar surface area (TPSA) is 52.0 Å². The maximum absolute atomic E-state index is 14.2. The molecule has 28 heavy (non-hydrogen) atoms. The van der Waals surface area contributed by atoms with Crippen molar-refractivity contribution in [1.29, 1.82) is 0 Å². The van der Waals surface area contributed by atoms with Crippen LogP contribution in [-0.2, 0) is 16.0 Å². The first kappa shape index (κ1) is 19.9. The molecule has 1 heterocycles. The minimum Gasteiger partial charge on any atom is -0.232 e. The van der Waals surface area contributed by atoms with Crippen LogP contribution < -0.4 is 0 Å². The number of halogens is 6. The minimum absolute atomic E-state index is 0.264. The Hall–Kier alpha value is -2.82. The van der Waals surface area contributed by atoms with Gasteiger partial charge in [0.05, 0.1) is 11.4 Å². The molecule has 4 nitrogen and oxygen atoms in total. The van der Waals surface area contributed by atoms with E-state index < -0.39 is 44.1 Å². The van der Waals surface area contributed by atoms with E-state index in [0.717, 1.165) is 30.5 Å². The van der Waals surface area contributed by atoms with E-state index in [9.17, 15) is 34.8 Å². The second-order valence-corrected chi connectivity index (χ2v) is 7.85. The molecule has 11 heteroatoms. The highest BCUT2D eigenvalue weighted by molar-refractivity contribution is 7.90. The first-order valence-corrected chi connectivity index (χ1v) is 9.39. The molecule has 3 aromatic rings. The lowest BCUT2D eigenvalue weighted by Gasteiger charge is -2.10. The van der Waals surface area contributed by atoms with Crippen LogP contribution in [0.1, 0.15) is 5.69 Å². The van der Waals surface area contributed by atoms with Crippen molar-refractivity contribution in [2.45, 2.75) is 11.1 Å². The van der Waals surface area contributed by atoms with E-state index in [4.69, 9.17) is 0 Å². The Balaban J connectivity index is 2.26. The van der Waals surface area contributed by atoms with Crippen LogP contribution in [-0.4, -0.2) is 24.5 Å². The Labute approximate surface area is 155 Å². The quantitative estimate of drug-likeness (QED) is 0.591. The van der Waals surface area contributed by atoms with Gasteiger partial charge in [0, 0.05) is 24.0 Å². The molecule has 0 spiro atoms. The van der Waals surface area contributed by atoms with Gasteiger partial charge >= 0.3 is 6.18 Å². The number of nitrogens with zero attached hydrogens (tertiary/aromatic N) is 2. The molecule has 0 bridgehead atoms. The average Bonchev–Trinajstić information content (AvgIpc) is 2.98. The summed E-state index contributed by atoms with van der Waals surface area (Å²) in [6, 6.07) is 5.24. The van der Waals surface area contributed by atoms with Crippen LogP contribution in [0, 0.1) is 17.5 Å². The summed E-state index contributed by atoms with van der Waals surface area (Å²) >= 11 is 0. The second kappa shape index (κ2) is 6.66. The molecule has 0 saturated heterocycles. The zero-order valence-electron chi connectivity index (χ0n) is 13.9. The zero-order valence-corrected chi connectivity index (χ0v) is 14.7. The molecule has 1 aromatic heterocycles. The van der Waals surface area contributed by atoms with Gasteiger partial charge in [-0.25, -0.2) is 26.3 Å². The van der Waals surface area contributed by atoms with Crippen LogP contribution >= 0.6 is 0 Å². The Morgan fingerprint density at radius 3 is 2.04 bits per heavy atom. The van der Waals surface area contributed by atoms with Crippen molar-refractivity contribution >= 4 is 9.84 Å². The first-order valence-electron chi connectivity index (χ1n) is 7.50. The molecule has 0 aliphatic rings. The number of aromatic nitrogens is 2. The van der Waals surface area contributed by atoms with Crippen LogP contribution in [0.25, 0.3) is 16.9 Å². The summed E-state index contributed by atoms with van der Waals surface area (Å²) in [5.41, 5.74) is -2.27. The summed E-state index contributed by atoms with van der Waals surface area (Å²) in [5, 5.41) is 3.35. The molecule has 148 valence electrons. The Morgan fingerprint density at radius 1 is 0.929 bits per heavy atom. The summed E-state index contributed by atoms with van der Waals surface area (Å²) in [6.45, 7) is 0. The van der Waals surface area contributed by atoms with Gasteiger partial charge in [0.15, 0.2) is 15.5 Å². The Bertz CT molecular complexity index is 1150. The molecule has 0 unspecified atom stereocenters. The highest BCUT2D eigenvalue weighted by Crippen LogP contribution is 2.34.